The highest BCUT2D eigenvalue weighted by atomic mass is 16.2. The maximum atomic E-state index is 12.0. The highest BCUT2D eigenvalue weighted by molar-refractivity contribution is 5.92. The molecular formula is C15H23N3O2. The molecule has 20 heavy (non-hydrogen) atoms. The SMILES string of the molecule is Cc1ccccc1NC(=O)N(C)CC(=O)NC(C)(C)C. The van der Waals surface area contributed by atoms with Crippen LogP contribution in [-0.4, -0.2) is 36.0 Å². The van der Waals surface area contributed by atoms with Crippen LogP contribution in [0.2, 0.25) is 0 Å². The van der Waals surface area contributed by atoms with Gasteiger partial charge in [0.25, 0.3) is 0 Å². The summed E-state index contributed by atoms with van der Waals surface area (Å²) < 4.78 is 0. The summed E-state index contributed by atoms with van der Waals surface area (Å²) in [7, 11) is 1.59. The van der Waals surface area contributed by atoms with Gasteiger partial charge in [0.2, 0.25) is 5.91 Å². The largest absolute Gasteiger partial charge is 0.350 e. The summed E-state index contributed by atoms with van der Waals surface area (Å²) in [5.74, 6) is -0.181. The van der Waals surface area contributed by atoms with Gasteiger partial charge in [-0.25, -0.2) is 4.79 Å². The number of hydrogen-bond donors (Lipinski definition) is 2. The standard InChI is InChI=1S/C15H23N3O2/c1-11-8-6-7-9-12(11)16-14(20)18(5)10-13(19)17-15(2,3)4/h6-9H,10H2,1-5H3,(H,16,20)(H,17,19). The van der Waals surface area contributed by atoms with Crippen molar-refractivity contribution in [2.75, 3.05) is 18.9 Å². The van der Waals surface area contributed by atoms with E-state index in [2.05, 4.69) is 10.6 Å². The quantitative estimate of drug-likeness (QED) is 0.891. The van der Waals surface area contributed by atoms with Gasteiger partial charge in [-0.1, -0.05) is 18.2 Å². The maximum absolute atomic E-state index is 12.0. The molecule has 0 heterocycles. The average Bonchev–Trinajstić information content (AvgIpc) is 2.29. The first kappa shape index (κ1) is 16.0. The van der Waals surface area contributed by atoms with E-state index in [1.54, 1.807) is 7.05 Å². The number of benzene rings is 1. The van der Waals surface area contributed by atoms with Crippen LogP contribution in [0, 0.1) is 6.92 Å². The predicted molar refractivity (Wildman–Crippen MR) is 80.7 cm³/mol. The van der Waals surface area contributed by atoms with Crippen LogP contribution < -0.4 is 10.6 Å². The number of carbonyl (C=O) groups excluding carboxylic acids is 2. The Balaban J connectivity index is 2.56. The Labute approximate surface area is 120 Å². The molecule has 0 aliphatic heterocycles. The summed E-state index contributed by atoms with van der Waals surface area (Å²) in [5.41, 5.74) is 1.43. The van der Waals surface area contributed by atoms with Crippen molar-refractivity contribution >= 4 is 17.6 Å². The molecule has 0 bridgehead atoms. The lowest BCUT2D eigenvalue weighted by Crippen LogP contribution is -2.47. The molecule has 0 spiro atoms. The topological polar surface area (TPSA) is 61.4 Å². The minimum Gasteiger partial charge on any atom is -0.350 e. The van der Waals surface area contributed by atoms with Gasteiger partial charge in [0, 0.05) is 18.3 Å². The molecule has 0 aromatic heterocycles. The second kappa shape index (κ2) is 6.41. The van der Waals surface area contributed by atoms with Gasteiger partial charge in [-0.15, -0.1) is 0 Å². The minimum atomic E-state index is -0.302. The summed E-state index contributed by atoms with van der Waals surface area (Å²) in [5, 5.41) is 5.60. The Morgan fingerprint density at radius 1 is 1.20 bits per heavy atom. The van der Waals surface area contributed by atoms with Crippen molar-refractivity contribution in [3.05, 3.63) is 29.8 Å². The van der Waals surface area contributed by atoms with E-state index >= 15 is 0 Å². The molecule has 1 aromatic carbocycles. The second-order valence-electron chi connectivity index (χ2n) is 5.90. The van der Waals surface area contributed by atoms with E-state index in [4.69, 9.17) is 0 Å². The molecule has 0 radical (unpaired) electrons. The summed E-state index contributed by atoms with van der Waals surface area (Å²) in [6.45, 7) is 7.64. The van der Waals surface area contributed by atoms with Crippen LogP contribution in [-0.2, 0) is 4.79 Å². The van der Waals surface area contributed by atoms with Gasteiger partial charge < -0.3 is 15.5 Å². The van der Waals surface area contributed by atoms with Gasteiger partial charge >= 0.3 is 6.03 Å². The van der Waals surface area contributed by atoms with Crippen LogP contribution in [0.1, 0.15) is 26.3 Å². The number of aryl methyl sites for hydroxylation is 1. The van der Waals surface area contributed by atoms with Crippen LogP contribution in [0.5, 0.6) is 0 Å². The molecule has 5 heteroatoms. The molecule has 0 atom stereocenters. The van der Waals surface area contributed by atoms with Crippen molar-refractivity contribution < 1.29 is 9.59 Å². The zero-order valence-electron chi connectivity index (χ0n) is 12.8. The Bertz CT molecular complexity index is 492. The number of hydrogen-bond acceptors (Lipinski definition) is 2. The van der Waals surface area contributed by atoms with E-state index in [1.807, 2.05) is 52.0 Å². The van der Waals surface area contributed by atoms with Gasteiger partial charge in [0.05, 0.1) is 0 Å². The first-order valence-electron chi connectivity index (χ1n) is 6.58. The Kier molecular flexibility index (Phi) is 5.13. The lowest BCUT2D eigenvalue weighted by Gasteiger charge is -2.23. The highest BCUT2D eigenvalue weighted by Crippen LogP contribution is 2.13. The maximum Gasteiger partial charge on any atom is 0.322 e. The van der Waals surface area contributed by atoms with Crippen LogP contribution in [0.4, 0.5) is 10.5 Å². The van der Waals surface area contributed by atoms with Gasteiger partial charge in [0.1, 0.15) is 6.54 Å². The fraction of sp³-hybridized carbons (Fsp3) is 0.467. The molecule has 0 aliphatic carbocycles. The monoisotopic (exact) mass is 277 g/mol. The Morgan fingerprint density at radius 2 is 1.80 bits per heavy atom. The molecule has 0 saturated carbocycles. The molecule has 0 aliphatic rings. The average molecular weight is 277 g/mol. The van der Waals surface area contributed by atoms with Crippen molar-refractivity contribution in [2.24, 2.45) is 0 Å². The molecule has 2 N–H and O–H groups in total. The van der Waals surface area contributed by atoms with Gasteiger partial charge in [-0.05, 0) is 39.3 Å². The van der Waals surface area contributed by atoms with Crippen molar-refractivity contribution in [1.82, 2.24) is 10.2 Å². The van der Waals surface area contributed by atoms with E-state index in [0.717, 1.165) is 11.3 Å². The lowest BCUT2D eigenvalue weighted by atomic mass is 10.1. The number of carbonyl (C=O) groups is 2. The van der Waals surface area contributed by atoms with Crippen LogP contribution >= 0.6 is 0 Å². The summed E-state index contributed by atoms with van der Waals surface area (Å²) in [6, 6.07) is 7.21. The lowest BCUT2D eigenvalue weighted by molar-refractivity contribution is -0.122. The third-order valence-corrected chi connectivity index (χ3v) is 2.63. The fourth-order valence-electron chi connectivity index (χ4n) is 1.67. The van der Waals surface area contributed by atoms with Crippen molar-refractivity contribution in [3.63, 3.8) is 0 Å². The minimum absolute atomic E-state index is 0.0228. The van der Waals surface area contributed by atoms with Crippen molar-refractivity contribution in [2.45, 2.75) is 33.2 Å². The van der Waals surface area contributed by atoms with Crippen molar-refractivity contribution in [3.8, 4) is 0 Å². The molecule has 110 valence electrons. The van der Waals surface area contributed by atoms with E-state index in [1.165, 1.54) is 4.90 Å². The molecule has 0 saturated heterocycles. The Hall–Kier alpha value is -2.04. The number of rotatable bonds is 3. The second-order valence-corrected chi connectivity index (χ2v) is 5.90. The van der Waals surface area contributed by atoms with E-state index in [-0.39, 0.29) is 24.0 Å². The van der Waals surface area contributed by atoms with Crippen LogP contribution in [0.15, 0.2) is 24.3 Å². The number of nitrogens with one attached hydrogen (secondary N) is 2. The number of anilines is 1. The normalized spacial score (nSPS) is 10.8. The third-order valence-electron chi connectivity index (χ3n) is 2.63. The van der Waals surface area contributed by atoms with Crippen LogP contribution in [0.25, 0.3) is 0 Å². The number of nitrogens with zero attached hydrogens (tertiary/aromatic N) is 1. The van der Waals surface area contributed by atoms with Gasteiger partial charge in [-0.3, -0.25) is 4.79 Å². The fourth-order valence-corrected chi connectivity index (χ4v) is 1.67. The zero-order valence-corrected chi connectivity index (χ0v) is 12.8. The molecule has 0 unspecified atom stereocenters. The first-order chi connectivity index (χ1) is 9.19. The number of urea groups is 1. The summed E-state index contributed by atoms with van der Waals surface area (Å²) in [4.78, 5) is 25.1. The van der Waals surface area contributed by atoms with Gasteiger partial charge in [0.15, 0.2) is 0 Å². The number of likely N-dealkylation sites (N-methyl/N-ethyl adjacent to an activating group) is 1. The number of amides is 3. The summed E-state index contributed by atoms with van der Waals surface area (Å²) in [6.07, 6.45) is 0. The smallest absolute Gasteiger partial charge is 0.322 e. The molecule has 3 amide bonds. The third kappa shape index (κ3) is 5.30. The molecule has 1 rings (SSSR count). The first-order valence-corrected chi connectivity index (χ1v) is 6.58. The highest BCUT2D eigenvalue weighted by Gasteiger charge is 2.17. The molecule has 1 aromatic rings. The van der Waals surface area contributed by atoms with Crippen LogP contribution in [0.3, 0.4) is 0 Å². The van der Waals surface area contributed by atoms with Gasteiger partial charge in [-0.2, -0.15) is 0 Å². The van der Waals surface area contributed by atoms with E-state index < -0.39 is 0 Å². The van der Waals surface area contributed by atoms with Crippen molar-refractivity contribution in [1.29, 1.82) is 0 Å². The Morgan fingerprint density at radius 3 is 2.35 bits per heavy atom. The number of para-hydroxylation sites is 1. The molecule has 5 nitrogen and oxygen atoms in total. The van der Waals surface area contributed by atoms with E-state index in [0.29, 0.717) is 0 Å². The van der Waals surface area contributed by atoms with E-state index in [9.17, 15) is 9.59 Å². The molecule has 0 fully saturated rings. The zero-order chi connectivity index (χ0) is 15.3. The molecular weight excluding hydrogens is 254 g/mol. The predicted octanol–water partition coefficient (Wildman–Crippen LogP) is 2.37. The summed E-state index contributed by atoms with van der Waals surface area (Å²) >= 11 is 0.